The number of carbonyl (C=O) groups is 13. The quantitative estimate of drug-likeness (QED) is 0.0291. The first-order valence-electron chi connectivity index (χ1n) is 50.0. The average Bonchev–Trinajstić information content (AvgIpc) is 1.63. The highest BCUT2D eigenvalue weighted by molar-refractivity contribution is 7.89. The molecule has 0 atom stereocenters. The fourth-order valence-electron chi connectivity index (χ4n) is 19.8. The first-order chi connectivity index (χ1) is 70.5. The first kappa shape index (κ1) is 111. The molecule has 8 heterocycles. The zero-order valence-electron chi connectivity index (χ0n) is 87.5. The van der Waals surface area contributed by atoms with Crippen LogP contribution in [0.1, 0.15) is 219 Å². The molecule has 0 saturated carbocycles. The molecule has 4 aliphatic heterocycles. The minimum Gasteiger partial charge on any atom is -0.496 e. The molecule has 0 spiro atoms. The number of Topliss-reactive ketones (excluding diaryl/α,β-unsaturated/α-hetero) is 4. The topological polar surface area (TPSA) is 335 Å². The highest BCUT2D eigenvalue weighted by Crippen LogP contribution is 2.38. The van der Waals surface area contributed by atoms with E-state index in [9.17, 15) is 93.6 Å². The molecule has 0 bridgehead atoms. The molecule has 4 fully saturated rings. The number of carbonyl (C=O) groups excluding carboxylic acids is 13. The van der Waals surface area contributed by atoms with E-state index in [0.29, 0.717) is 143 Å². The maximum Gasteiger partial charge on any atom is 0.294 e. The molecule has 784 valence electrons. The summed E-state index contributed by atoms with van der Waals surface area (Å²) < 4.78 is 88.7. The maximum atomic E-state index is 13.7. The summed E-state index contributed by atoms with van der Waals surface area (Å²) in [6.45, 7) is 18.8. The second-order valence-electron chi connectivity index (χ2n) is 41.4. The van der Waals surface area contributed by atoms with Gasteiger partial charge in [0.25, 0.3) is 70.4 Å². The second kappa shape index (κ2) is 47.4. The van der Waals surface area contributed by atoms with Crippen molar-refractivity contribution in [3.8, 4) is 11.9 Å². The Morgan fingerprint density at radius 3 is 0.973 bits per heavy atom. The number of fused-ring (bicyclic) bond motifs is 4. The lowest BCUT2D eigenvalue weighted by Gasteiger charge is -2.32. The largest absolute Gasteiger partial charge is 0.496 e. The van der Waals surface area contributed by atoms with Crippen molar-refractivity contribution < 1.29 is 93.0 Å². The SMILES string of the molecule is CCCn1cc(C(=O)C(=O)N(C)C)c2cc(C(=O)N3CCC(Cc4ccc(F)cc4)CC3)c(C)cc21.COc1cc2c(cc1C(=O)N1CCC(Cc3ccc(F)cc3)CC1)c(C(=O)C(=O)N(C)C)cn2C#N.Cc1cc2c(cc1C(=O)N1CCC(Cc3ccc(F)cc3)CC1)c(C(=O)C(=O)N(C)C)cn2C(=O)CC(C)(C)C.Cc1cc2c(cc1C(=O)N1CCC(Cc3ccc(F)cc3)CC1)c(C(=O)C(=O)N(C)C)cn2S(C)(=O)=O. The number of aryl methyl sites for hydroxylation is 4. The van der Waals surface area contributed by atoms with Crippen molar-refractivity contribution in [1.82, 2.24) is 56.9 Å². The van der Waals surface area contributed by atoms with E-state index in [1.807, 2.05) is 85.5 Å². The van der Waals surface area contributed by atoms with Crippen molar-refractivity contribution in [2.24, 2.45) is 29.1 Å². The number of ether oxygens (including phenoxy) is 1. The predicted molar refractivity (Wildman–Crippen MR) is 562 cm³/mol. The van der Waals surface area contributed by atoms with Crippen LogP contribution in [0, 0.1) is 84.6 Å². The average molecular weight is 2060 g/mol. The molecule has 0 N–H and O–H groups in total. The summed E-state index contributed by atoms with van der Waals surface area (Å²) in [5, 5.41) is 11.2. The van der Waals surface area contributed by atoms with Gasteiger partial charge in [0.1, 0.15) is 29.0 Å². The standard InChI is InChI=1S/C32H38FN3O4.C29H34FN3O3.C27H27FN4O4.C27H30FN3O5S/c1-20-15-27-25(26(29(38)31(40)34(5)6)19-36(27)28(37)18-32(2,3)4)17-24(20)30(39)35-13-11-22(12-14-35)16-21-7-9-23(33)10-8-21;1-5-12-33-18-25(27(34)29(36)31(3)4)24-17-23(19(2)15-26(24)33)28(35)32-13-10-21(11-14-32)16-20-6-8-22(30)9-7-20;1-30(2)27(35)25(33)22-15-32(16-29)23-14-24(36-3)21(13-20(22)23)26(34)31-10-8-18(9-11-31)12-17-4-6-19(28)7-5-17;1-17-13-24-22(23(16-31(24)37(4,35)36)25(32)27(34)29(2)3)15-21(17)26(33)30-11-9-19(10-12-30)14-18-5-7-20(28)8-6-18/h7-10,15,17,19,22H,11-14,16,18H2,1-6H3;6-9,15,17-18,21H,5,10-14,16H2,1-4H3;4-7,13-15,18H,8-12H2,1-3H3;5-8,13,15-16,19H,9-12,14H2,1-4H3. The lowest BCUT2D eigenvalue weighted by atomic mass is 9.89. The monoisotopic (exact) mass is 2060 g/mol. The Kier molecular flexibility index (Phi) is 35.4. The number of rotatable bonds is 25. The van der Waals surface area contributed by atoms with Crippen LogP contribution < -0.4 is 4.74 Å². The highest BCUT2D eigenvalue weighted by Gasteiger charge is 2.37. The molecule has 0 aliphatic carbocycles. The summed E-state index contributed by atoms with van der Waals surface area (Å²) in [4.78, 5) is 181. The Morgan fingerprint density at radius 1 is 0.383 bits per heavy atom. The molecule has 0 unspecified atom stereocenters. The van der Waals surface area contributed by atoms with E-state index in [2.05, 4.69) is 6.92 Å². The van der Waals surface area contributed by atoms with Gasteiger partial charge in [0, 0.05) is 196 Å². The number of likely N-dealkylation sites (tertiary alicyclic amines) is 4. The minimum absolute atomic E-state index is 0.0461. The summed E-state index contributed by atoms with van der Waals surface area (Å²) >= 11 is 0. The van der Waals surface area contributed by atoms with Crippen molar-refractivity contribution in [3.05, 3.63) is 277 Å². The molecule has 8 aromatic carbocycles. The van der Waals surface area contributed by atoms with E-state index in [-0.39, 0.29) is 104 Å². The molecular formula is C115H129F4N13O16S. The first-order valence-corrected chi connectivity index (χ1v) is 51.9. The zero-order chi connectivity index (χ0) is 108. The van der Waals surface area contributed by atoms with Crippen LogP contribution >= 0.6 is 0 Å². The van der Waals surface area contributed by atoms with Gasteiger partial charge in [0.2, 0.25) is 15.9 Å². The van der Waals surface area contributed by atoms with Crippen LogP contribution in [0.4, 0.5) is 17.6 Å². The van der Waals surface area contributed by atoms with Gasteiger partial charge in [0.05, 0.1) is 57.7 Å². The third-order valence-electron chi connectivity index (χ3n) is 28.2. The summed E-state index contributed by atoms with van der Waals surface area (Å²) in [5.41, 5.74) is 10.3. The normalized spacial score (nSPS) is 14.3. The predicted octanol–water partition coefficient (Wildman–Crippen LogP) is 17.1. The molecule has 12 aromatic rings. The van der Waals surface area contributed by atoms with Gasteiger partial charge in [-0.05, 0) is 263 Å². The third kappa shape index (κ3) is 26.2. The Bertz CT molecular complexity index is 7320. The number of halogens is 4. The van der Waals surface area contributed by atoms with Gasteiger partial charge in [-0.1, -0.05) is 76.2 Å². The number of nitrogens with zero attached hydrogens (tertiary/aromatic N) is 13. The fraction of sp³-hybridized carbons (Fsp3) is 0.391. The summed E-state index contributed by atoms with van der Waals surface area (Å²) in [7, 11) is 9.62. The molecule has 4 aliphatic rings. The van der Waals surface area contributed by atoms with Crippen molar-refractivity contribution in [3.63, 3.8) is 0 Å². The van der Waals surface area contributed by atoms with Gasteiger partial charge in [0.15, 0.2) is 6.19 Å². The lowest BCUT2D eigenvalue weighted by molar-refractivity contribution is -0.124. The van der Waals surface area contributed by atoms with Crippen molar-refractivity contribution >= 4 is 130 Å². The molecule has 0 radical (unpaired) electrons. The van der Waals surface area contributed by atoms with Crippen LogP contribution in [0.5, 0.6) is 5.75 Å². The van der Waals surface area contributed by atoms with Crippen LogP contribution in [0.2, 0.25) is 0 Å². The van der Waals surface area contributed by atoms with Gasteiger partial charge in [-0.3, -0.25) is 71.5 Å². The van der Waals surface area contributed by atoms with Crippen LogP contribution in [0.25, 0.3) is 43.6 Å². The fourth-order valence-corrected chi connectivity index (χ4v) is 20.6. The van der Waals surface area contributed by atoms with Crippen molar-refractivity contribution in [1.29, 1.82) is 5.26 Å². The minimum atomic E-state index is -3.77. The van der Waals surface area contributed by atoms with Crippen molar-refractivity contribution in [2.75, 3.05) is 122 Å². The van der Waals surface area contributed by atoms with Crippen LogP contribution in [-0.2, 0) is 61.4 Å². The Morgan fingerprint density at radius 2 is 0.664 bits per heavy atom. The van der Waals surface area contributed by atoms with Crippen LogP contribution in [0.15, 0.2) is 170 Å². The summed E-state index contributed by atoms with van der Waals surface area (Å²) in [5.74, 6) is -5.59. The number of likely N-dealkylation sites (N-methyl/N-ethyl adjacent to an activating group) is 4. The van der Waals surface area contributed by atoms with E-state index in [1.165, 1.54) is 146 Å². The molecule has 16 rings (SSSR count). The number of benzene rings is 8. The van der Waals surface area contributed by atoms with E-state index in [1.54, 1.807) is 91.6 Å². The number of hydrogen-bond donors (Lipinski definition) is 0. The van der Waals surface area contributed by atoms with Crippen LogP contribution in [-0.4, -0.2) is 264 Å². The van der Waals surface area contributed by atoms with E-state index in [0.717, 1.165) is 138 Å². The number of methoxy groups -OCH3 is 1. The molecule has 29 nitrogen and oxygen atoms in total. The van der Waals surface area contributed by atoms with E-state index >= 15 is 0 Å². The maximum absolute atomic E-state index is 13.7. The Labute approximate surface area is 865 Å². The number of piperidine rings is 4. The molecule has 149 heavy (non-hydrogen) atoms. The second-order valence-corrected chi connectivity index (χ2v) is 43.3. The van der Waals surface area contributed by atoms with Gasteiger partial charge in [-0.15, -0.1) is 0 Å². The molecule has 4 saturated heterocycles. The Balaban J connectivity index is 0.000000166. The van der Waals surface area contributed by atoms with Crippen molar-refractivity contribution in [2.45, 2.75) is 145 Å². The van der Waals surface area contributed by atoms with Crippen LogP contribution in [0.3, 0.4) is 0 Å². The lowest BCUT2D eigenvalue weighted by Crippen LogP contribution is -2.39. The zero-order valence-corrected chi connectivity index (χ0v) is 88.3. The number of amides is 8. The van der Waals surface area contributed by atoms with Gasteiger partial charge in [-0.25, -0.2) is 30.0 Å². The number of hydrogen-bond acceptors (Lipinski definition) is 17. The van der Waals surface area contributed by atoms with Gasteiger partial charge in [-0.2, -0.15) is 5.26 Å². The number of ketones is 4. The molecule has 34 heteroatoms. The Hall–Kier alpha value is -15.0. The summed E-state index contributed by atoms with van der Waals surface area (Å²) in [6, 6.07) is 39.5. The smallest absolute Gasteiger partial charge is 0.294 e. The van der Waals surface area contributed by atoms with E-state index < -0.39 is 56.8 Å². The molecular weight excluding hydrogens is 1930 g/mol. The number of nitriles is 1. The third-order valence-corrected chi connectivity index (χ3v) is 29.2. The number of aromatic nitrogens is 4. The highest BCUT2D eigenvalue weighted by atomic mass is 32.2. The van der Waals surface area contributed by atoms with E-state index in [4.69, 9.17) is 4.74 Å². The van der Waals surface area contributed by atoms with Gasteiger partial charge < -0.3 is 48.5 Å². The molecule has 4 aromatic heterocycles. The summed E-state index contributed by atoms with van der Waals surface area (Å²) in [6.07, 6.45) is 19.8. The van der Waals surface area contributed by atoms with Gasteiger partial charge >= 0.3 is 0 Å². The molecule has 8 amide bonds.